The lowest BCUT2D eigenvalue weighted by molar-refractivity contribution is 0.0825. The first kappa shape index (κ1) is 24.7. The van der Waals surface area contributed by atoms with Crippen LogP contribution in [0.5, 0.6) is 0 Å². The molecule has 2 atom stereocenters. The van der Waals surface area contributed by atoms with Crippen molar-refractivity contribution in [1.29, 1.82) is 0 Å². The van der Waals surface area contributed by atoms with Crippen molar-refractivity contribution in [2.45, 2.75) is 38.5 Å². The molecule has 3 rings (SSSR count). The van der Waals surface area contributed by atoms with Crippen molar-refractivity contribution in [2.75, 3.05) is 6.54 Å². The van der Waals surface area contributed by atoms with Crippen molar-refractivity contribution in [3.05, 3.63) is 94.0 Å². The van der Waals surface area contributed by atoms with Gasteiger partial charge < -0.3 is 15.7 Å². The largest absolute Gasteiger partial charge is 0.390 e. The molecule has 0 aliphatic rings. The fourth-order valence-electron chi connectivity index (χ4n) is 3.43. The molecular formula is C24H25ClF2N4O2. The Morgan fingerprint density at radius 3 is 2.52 bits per heavy atom. The van der Waals surface area contributed by atoms with E-state index in [1.807, 2.05) is 18.2 Å². The molecule has 1 heterocycles. The van der Waals surface area contributed by atoms with Crippen LogP contribution in [0.4, 0.5) is 8.78 Å². The molecule has 0 spiro atoms. The molecule has 33 heavy (non-hydrogen) atoms. The van der Waals surface area contributed by atoms with E-state index in [0.29, 0.717) is 12.1 Å². The normalized spacial score (nSPS) is 12.9. The number of halogens is 3. The zero-order valence-corrected chi connectivity index (χ0v) is 18.8. The molecule has 0 bridgehead atoms. The predicted octanol–water partition coefficient (Wildman–Crippen LogP) is 3.46. The van der Waals surface area contributed by atoms with Crippen LogP contribution in [0.25, 0.3) is 0 Å². The van der Waals surface area contributed by atoms with Gasteiger partial charge >= 0.3 is 0 Å². The quantitative estimate of drug-likeness (QED) is 0.419. The van der Waals surface area contributed by atoms with Crippen LogP contribution in [0.15, 0.2) is 54.9 Å². The summed E-state index contributed by atoms with van der Waals surface area (Å²) in [7, 11) is 0. The summed E-state index contributed by atoms with van der Waals surface area (Å²) in [6.07, 6.45) is 2.40. The minimum atomic E-state index is -1.05. The van der Waals surface area contributed by atoms with Crippen LogP contribution in [0.1, 0.15) is 34.1 Å². The summed E-state index contributed by atoms with van der Waals surface area (Å²) in [5.41, 5.74) is 2.53. The number of aryl methyl sites for hydroxylation is 1. The highest BCUT2D eigenvalue weighted by Crippen LogP contribution is 2.13. The molecular weight excluding hydrogens is 450 g/mol. The van der Waals surface area contributed by atoms with E-state index >= 15 is 0 Å². The topological polar surface area (TPSA) is 87.1 Å². The lowest BCUT2D eigenvalue weighted by Gasteiger charge is -2.25. The highest BCUT2D eigenvalue weighted by Gasteiger charge is 2.23. The molecule has 2 unspecified atom stereocenters. The van der Waals surface area contributed by atoms with Crippen molar-refractivity contribution < 1.29 is 18.7 Å². The predicted molar refractivity (Wildman–Crippen MR) is 122 cm³/mol. The maximum Gasteiger partial charge on any atom is 0.271 e. The number of rotatable bonds is 10. The lowest BCUT2D eigenvalue weighted by Crippen LogP contribution is -2.48. The number of aliphatic hydroxyl groups is 1. The smallest absolute Gasteiger partial charge is 0.271 e. The van der Waals surface area contributed by atoms with Gasteiger partial charge in [0.05, 0.1) is 24.5 Å². The Labute approximate surface area is 196 Å². The Morgan fingerprint density at radius 2 is 1.82 bits per heavy atom. The highest BCUT2D eigenvalue weighted by molar-refractivity contribution is 6.29. The minimum Gasteiger partial charge on any atom is -0.390 e. The Kier molecular flexibility index (Phi) is 8.82. The lowest BCUT2D eigenvalue weighted by atomic mass is 10.00. The fraction of sp³-hybridized carbons (Fsp3) is 0.292. The first-order chi connectivity index (χ1) is 15.8. The number of carbonyl (C=O) groups is 1. The maximum atomic E-state index is 13.7. The standard InChI is InChI=1S/C24H25ClF2N4O2/c1-2-15-4-3-5-16(6-15)11-28-13-22(32)20(9-17-7-18(26)10-19(27)8-17)31-24(33)21-12-29-14-23(25)30-21/h3-8,10,12,14,20,22,28,32H,2,9,11,13H2,1H3,(H,31,33). The molecule has 1 amide bonds. The summed E-state index contributed by atoms with van der Waals surface area (Å²) in [5.74, 6) is -2.08. The van der Waals surface area contributed by atoms with Gasteiger partial charge in [-0.3, -0.25) is 9.78 Å². The average molecular weight is 475 g/mol. The SMILES string of the molecule is CCc1cccc(CNCC(O)C(Cc2cc(F)cc(F)c2)NC(=O)c2cncc(Cl)n2)c1. The molecule has 0 fully saturated rings. The second-order valence-electron chi connectivity index (χ2n) is 7.66. The van der Waals surface area contributed by atoms with Crippen LogP contribution in [0.3, 0.4) is 0 Å². The molecule has 6 nitrogen and oxygen atoms in total. The van der Waals surface area contributed by atoms with E-state index < -0.39 is 29.7 Å². The summed E-state index contributed by atoms with van der Waals surface area (Å²) in [6, 6.07) is 10.3. The van der Waals surface area contributed by atoms with E-state index in [1.165, 1.54) is 18.0 Å². The number of benzene rings is 2. The van der Waals surface area contributed by atoms with Gasteiger partial charge in [0.15, 0.2) is 0 Å². The summed E-state index contributed by atoms with van der Waals surface area (Å²) in [4.78, 5) is 20.4. The number of hydrogen-bond donors (Lipinski definition) is 3. The van der Waals surface area contributed by atoms with E-state index in [2.05, 4.69) is 33.6 Å². The van der Waals surface area contributed by atoms with Gasteiger partial charge in [-0.25, -0.2) is 13.8 Å². The van der Waals surface area contributed by atoms with Crippen LogP contribution in [0, 0.1) is 11.6 Å². The molecule has 0 saturated carbocycles. The summed E-state index contributed by atoms with van der Waals surface area (Å²) >= 11 is 5.80. The molecule has 3 aromatic rings. The van der Waals surface area contributed by atoms with E-state index in [9.17, 15) is 18.7 Å². The minimum absolute atomic E-state index is 0.00256. The zero-order valence-electron chi connectivity index (χ0n) is 18.1. The Bertz CT molecular complexity index is 1080. The van der Waals surface area contributed by atoms with Crippen LogP contribution >= 0.6 is 11.6 Å². The number of amides is 1. The van der Waals surface area contributed by atoms with Crippen molar-refractivity contribution in [1.82, 2.24) is 20.6 Å². The second-order valence-corrected chi connectivity index (χ2v) is 8.05. The average Bonchev–Trinajstić information content (AvgIpc) is 2.78. The number of aromatic nitrogens is 2. The van der Waals surface area contributed by atoms with Crippen LogP contribution in [-0.4, -0.2) is 39.7 Å². The highest BCUT2D eigenvalue weighted by atomic mass is 35.5. The van der Waals surface area contributed by atoms with E-state index in [-0.39, 0.29) is 23.8 Å². The third-order valence-corrected chi connectivity index (χ3v) is 5.26. The molecule has 3 N–H and O–H groups in total. The van der Waals surface area contributed by atoms with E-state index in [4.69, 9.17) is 11.6 Å². The molecule has 0 saturated heterocycles. The zero-order chi connectivity index (χ0) is 23.8. The summed E-state index contributed by atoms with van der Waals surface area (Å²) in [6.45, 7) is 2.73. The van der Waals surface area contributed by atoms with Crippen molar-refractivity contribution in [3.63, 3.8) is 0 Å². The maximum absolute atomic E-state index is 13.7. The molecule has 1 aromatic heterocycles. The summed E-state index contributed by atoms with van der Waals surface area (Å²) < 4.78 is 27.3. The van der Waals surface area contributed by atoms with Gasteiger partial charge in [-0.2, -0.15) is 0 Å². The summed E-state index contributed by atoms with van der Waals surface area (Å²) in [5, 5.41) is 16.7. The molecule has 9 heteroatoms. The van der Waals surface area contributed by atoms with Gasteiger partial charge in [0.1, 0.15) is 22.5 Å². The van der Waals surface area contributed by atoms with Gasteiger partial charge in [0.25, 0.3) is 5.91 Å². The molecule has 0 aliphatic carbocycles. The Morgan fingerprint density at radius 1 is 1.09 bits per heavy atom. The fourth-order valence-corrected chi connectivity index (χ4v) is 3.57. The third kappa shape index (κ3) is 7.56. The van der Waals surface area contributed by atoms with Gasteiger partial charge in [0.2, 0.25) is 0 Å². The van der Waals surface area contributed by atoms with Crippen LogP contribution < -0.4 is 10.6 Å². The van der Waals surface area contributed by atoms with Gasteiger partial charge in [-0.1, -0.05) is 42.8 Å². The van der Waals surface area contributed by atoms with Gasteiger partial charge in [-0.05, 0) is 41.7 Å². The van der Waals surface area contributed by atoms with Crippen molar-refractivity contribution in [2.24, 2.45) is 0 Å². The Balaban J connectivity index is 1.70. The second kappa shape index (κ2) is 11.8. The molecule has 0 aliphatic heterocycles. The monoisotopic (exact) mass is 474 g/mol. The number of hydrogen-bond acceptors (Lipinski definition) is 5. The molecule has 174 valence electrons. The van der Waals surface area contributed by atoms with Crippen molar-refractivity contribution >= 4 is 17.5 Å². The van der Waals surface area contributed by atoms with Gasteiger partial charge in [0, 0.05) is 19.2 Å². The Hall–Kier alpha value is -2.94. The third-order valence-electron chi connectivity index (χ3n) is 5.08. The van der Waals surface area contributed by atoms with E-state index in [1.54, 1.807) is 0 Å². The number of nitrogens with one attached hydrogen (secondary N) is 2. The number of nitrogens with zero attached hydrogens (tertiary/aromatic N) is 2. The first-order valence-corrected chi connectivity index (χ1v) is 10.9. The van der Waals surface area contributed by atoms with Crippen LogP contribution in [-0.2, 0) is 19.4 Å². The number of carbonyl (C=O) groups excluding carboxylic acids is 1. The van der Waals surface area contributed by atoms with Gasteiger partial charge in [-0.15, -0.1) is 0 Å². The first-order valence-electron chi connectivity index (χ1n) is 10.5. The van der Waals surface area contributed by atoms with Crippen LogP contribution in [0.2, 0.25) is 5.15 Å². The van der Waals surface area contributed by atoms with Crippen molar-refractivity contribution in [3.8, 4) is 0 Å². The van der Waals surface area contributed by atoms with E-state index in [0.717, 1.165) is 30.2 Å². The molecule has 2 aromatic carbocycles. The number of aliphatic hydroxyl groups excluding tert-OH is 1. The molecule has 0 radical (unpaired) electrons.